The fourth-order valence-corrected chi connectivity index (χ4v) is 2.56. The zero-order valence-electron chi connectivity index (χ0n) is 14.0. The van der Waals surface area contributed by atoms with E-state index in [0.717, 1.165) is 30.3 Å². The number of anilines is 3. The number of pyridine rings is 1. The Bertz CT molecular complexity index is 694. The minimum atomic E-state index is -0.160. The van der Waals surface area contributed by atoms with Crippen molar-refractivity contribution in [2.45, 2.75) is 0 Å². The maximum atomic E-state index is 12.4. The molecule has 1 aromatic carbocycles. The first kappa shape index (κ1) is 16.3. The van der Waals surface area contributed by atoms with Crippen LogP contribution in [0.1, 0.15) is 10.4 Å². The van der Waals surface area contributed by atoms with Crippen LogP contribution < -0.4 is 15.1 Å². The smallest absolute Gasteiger partial charge is 0.257 e. The van der Waals surface area contributed by atoms with E-state index >= 15 is 0 Å². The summed E-state index contributed by atoms with van der Waals surface area (Å²) in [4.78, 5) is 20.9. The largest absolute Gasteiger partial charge is 0.378 e. The summed E-state index contributed by atoms with van der Waals surface area (Å²) in [5.74, 6) is 0.719. The van der Waals surface area contributed by atoms with Crippen LogP contribution in [0.25, 0.3) is 0 Å². The average molecular weight is 326 g/mol. The molecule has 0 spiro atoms. The van der Waals surface area contributed by atoms with Crippen molar-refractivity contribution in [3.05, 3.63) is 48.2 Å². The van der Waals surface area contributed by atoms with Crippen molar-refractivity contribution in [3.8, 4) is 0 Å². The molecule has 3 rings (SSSR count). The number of hydrogen-bond acceptors (Lipinski definition) is 5. The van der Waals surface area contributed by atoms with Gasteiger partial charge < -0.3 is 19.9 Å². The van der Waals surface area contributed by atoms with Gasteiger partial charge in [-0.1, -0.05) is 6.07 Å². The standard InChI is InChI=1S/C18H22N4O2/c1-21(2)16-5-3-4-15(12-16)20-18(23)14-6-7-17(19-13-14)22-8-10-24-11-9-22/h3-7,12-13H,8-11H2,1-2H3,(H,20,23). The van der Waals surface area contributed by atoms with Crippen LogP contribution in [0.2, 0.25) is 0 Å². The van der Waals surface area contributed by atoms with Gasteiger partial charge in [0.1, 0.15) is 5.82 Å². The predicted octanol–water partition coefficient (Wildman–Crippen LogP) is 2.24. The Morgan fingerprint density at radius 2 is 2.00 bits per heavy atom. The summed E-state index contributed by atoms with van der Waals surface area (Å²) in [5, 5.41) is 2.91. The molecule has 6 heteroatoms. The highest BCUT2D eigenvalue weighted by Crippen LogP contribution is 2.18. The van der Waals surface area contributed by atoms with Crippen LogP contribution in [-0.4, -0.2) is 51.3 Å². The summed E-state index contributed by atoms with van der Waals surface area (Å²) < 4.78 is 5.34. The van der Waals surface area contributed by atoms with E-state index in [9.17, 15) is 4.79 Å². The highest BCUT2D eigenvalue weighted by molar-refractivity contribution is 6.04. The van der Waals surface area contributed by atoms with Crippen LogP contribution in [0.3, 0.4) is 0 Å². The Morgan fingerprint density at radius 3 is 2.67 bits per heavy atom. The lowest BCUT2D eigenvalue weighted by molar-refractivity contribution is 0.102. The minimum Gasteiger partial charge on any atom is -0.378 e. The number of carbonyl (C=O) groups is 1. The van der Waals surface area contributed by atoms with Gasteiger partial charge in [0.2, 0.25) is 0 Å². The molecule has 1 saturated heterocycles. The number of amides is 1. The Hall–Kier alpha value is -2.60. The lowest BCUT2D eigenvalue weighted by atomic mass is 10.2. The molecule has 6 nitrogen and oxygen atoms in total. The van der Waals surface area contributed by atoms with Crippen LogP contribution in [0.5, 0.6) is 0 Å². The van der Waals surface area contributed by atoms with Crippen LogP contribution in [0.4, 0.5) is 17.2 Å². The summed E-state index contributed by atoms with van der Waals surface area (Å²) in [7, 11) is 3.93. The van der Waals surface area contributed by atoms with Crippen LogP contribution in [0.15, 0.2) is 42.6 Å². The van der Waals surface area contributed by atoms with E-state index in [1.807, 2.05) is 55.4 Å². The zero-order chi connectivity index (χ0) is 16.9. The molecule has 1 fully saturated rings. The van der Waals surface area contributed by atoms with E-state index in [-0.39, 0.29) is 5.91 Å². The summed E-state index contributed by atoms with van der Waals surface area (Å²) in [6, 6.07) is 11.4. The molecule has 1 aliphatic heterocycles. The van der Waals surface area contributed by atoms with Crippen LogP contribution in [0, 0.1) is 0 Å². The Morgan fingerprint density at radius 1 is 1.21 bits per heavy atom. The Labute approximate surface area is 142 Å². The van der Waals surface area contributed by atoms with Gasteiger partial charge in [0.25, 0.3) is 5.91 Å². The van der Waals surface area contributed by atoms with E-state index < -0.39 is 0 Å². The van der Waals surface area contributed by atoms with Crippen LogP contribution in [-0.2, 0) is 4.74 Å². The number of rotatable bonds is 4. The molecule has 0 bridgehead atoms. The number of hydrogen-bond donors (Lipinski definition) is 1. The first-order chi connectivity index (χ1) is 11.6. The maximum Gasteiger partial charge on any atom is 0.257 e. The Balaban J connectivity index is 1.67. The topological polar surface area (TPSA) is 57.7 Å². The molecule has 0 aliphatic carbocycles. The molecule has 2 aromatic rings. The number of benzene rings is 1. The second kappa shape index (κ2) is 7.31. The van der Waals surface area contributed by atoms with Crippen molar-refractivity contribution in [1.29, 1.82) is 0 Å². The highest BCUT2D eigenvalue weighted by atomic mass is 16.5. The number of nitrogens with one attached hydrogen (secondary N) is 1. The molecule has 0 unspecified atom stereocenters. The fourth-order valence-electron chi connectivity index (χ4n) is 2.56. The van der Waals surface area contributed by atoms with Gasteiger partial charge in [-0.15, -0.1) is 0 Å². The SMILES string of the molecule is CN(C)c1cccc(NC(=O)c2ccc(N3CCOCC3)nc2)c1. The molecular weight excluding hydrogens is 304 g/mol. The number of ether oxygens (including phenoxy) is 1. The van der Waals surface area contributed by atoms with Crippen LogP contribution >= 0.6 is 0 Å². The average Bonchev–Trinajstić information content (AvgIpc) is 2.63. The van der Waals surface area contributed by atoms with Crippen molar-refractivity contribution in [1.82, 2.24) is 4.98 Å². The molecule has 0 atom stereocenters. The summed E-state index contributed by atoms with van der Waals surface area (Å²) in [5.41, 5.74) is 2.35. The third kappa shape index (κ3) is 3.83. The maximum absolute atomic E-state index is 12.4. The van der Waals surface area contributed by atoms with E-state index in [1.165, 1.54) is 0 Å². The van der Waals surface area contributed by atoms with Gasteiger partial charge in [-0.25, -0.2) is 4.98 Å². The first-order valence-electron chi connectivity index (χ1n) is 8.01. The van der Waals surface area contributed by atoms with Gasteiger partial charge in [-0.3, -0.25) is 4.79 Å². The lowest BCUT2D eigenvalue weighted by Crippen LogP contribution is -2.36. The van der Waals surface area contributed by atoms with Crippen molar-refractivity contribution in [2.75, 3.05) is 55.5 Å². The molecule has 1 aromatic heterocycles. The quantitative estimate of drug-likeness (QED) is 0.934. The molecule has 0 radical (unpaired) electrons. The second-order valence-corrected chi connectivity index (χ2v) is 5.90. The molecule has 1 amide bonds. The number of morpholine rings is 1. The molecule has 0 saturated carbocycles. The van der Waals surface area contributed by atoms with E-state index in [0.29, 0.717) is 18.8 Å². The van der Waals surface area contributed by atoms with Gasteiger partial charge in [-0.05, 0) is 30.3 Å². The predicted molar refractivity (Wildman–Crippen MR) is 96.0 cm³/mol. The molecule has 2 heterocycles. The highest BCUT2D eigenvalue weighted by Gasteiger charge is 2.13. The summed E-state index contributed by atoms with van der Waals surface area (Å²) in [6.07, 6.45) is 1.62. The summed E-state index contributed by atoms with van der Waals surface area (Å²) >= 11 is 0. The third-order valence-corrected chi connectivity index (χ3v) is 3.97. The number of aromatic nitrogens is 1. The van der Waals surface area contributed by atoms with E-state index in [2.05, 4.69) is 15.2 Å². The van der Waals surface area contributed by atoms with Crippen molar-refractivity contribution >= 4 is 23.1 Å². The lowest BCUT2D eigenvalue weighted by Gasteiger charge is -2.27. The molecule has 1 aliphatic rings. The fraction of sp³-hybridized carbons (Fsp3) is 0.333. The Kier molecular flexibility index (Phi) is 4.96. The minimum absolute atomic E-state index is 0.160. The zero-order valence-corrected chi connectivity index (χ0v) is 14.0. The molecule has 1 N–H and O–H groups in total. The number of nitrogens with zero attached hydrogens (tertiary/aromatic N) is 3. The van der Waals surface area contributed by atoms with Crippen molar-refractivity contribution in [2.24, 2.45) is 0 Å². The normalized spacial score (nSPS) is 14.3. The van der Waals surface area contributed by atoms with Gasteiger partial charge in [0.05, 0.1) is 18.8 Å². The van der Waals surface area contributed by atoms with Gasteiger partial charge >= 0.3 is 0 Å². The van der Waals surface area contributed by atoms with Gasteiger partial charge in [0.15, 0.2) is 0 Å². The third-order valence-electron chi connectivity index (χ3n) is 3.97. The first-order valence-corrected chi connectivity index (χ1v) is 8.01. The molecular formula is C18H22N4O2. The summed E-state index contributed by atoms with van der Waals surface area (Å²) in [6.45, 7) is 3.09. The van der Waals surface area contributed by atoms with Crippen molar-refractivity contribution < 1.29 is 9.53 Å². The van der Waals surface area contributed by atoms with Gasteiger partial charge in [-0.2, -0.15) is 0 Å². The van der Waals surface area contributed by atoms with E-state index in [4.69, 9.17) is 4.74 Å². The molecule has 126 valence electrons. The molecule has 24 heavy (non-hydrogen) atoms. The van der Waals surface area contributed by atoms with E-state index in [1.54, 1.807) is 6.20 Å². The second-order valence-electron chi connectivity index (χ2n) is 5.90. The van der Waals surface area contributed by atoms with Crippen molar-refractivity contribution in [3.63, 3.8) is 0 Å². The van der Waals surface area contributed by atoms with Gasteiger partial charge in [0, 0.05) is 44.8 Å². The monoisotopic (exact) mass is 326 g/mol. The number of carbonyl (C=O) groups excluding carboxylic acids is 1.